The summed E-state index contributed by atoms with van der Waals surface area (Å²) in [5.41, 5.74) is 4.40. The summed E-state index contributed by atoms with van der Waals surface area (Å²) >= 11 is 0. The van der Waals surface area contributed by atoms with Crippen LogP contribution in [0.4, 0.5) is 20.0 Å². The van der Waals surface area contributed by atoms with Gasteiger partial charge in [-0.1, -0.05) is 53.3 Å². The fourth-order valence-corrected chi connectivity index (χ4v) is 14.9. The van der Waals surface area contributed by atoms with Gasteiger partial charge in [-0.2, -0.15) is 0 Å². The average molecular weight is 477 g/mol. The van der Waals surface area contributed by atoms with Crippen LogP contribution in [0.1, 0.15) is 66.5 Å². The van der Waals surface area contributed by atoms with E-state index in [1.54, 1.807) is 0 Å². The van der Waals surface area contributed by atoms with Crippen molar-refractivity contribution in [2.45, 2.75) is 91.9 Å². The van der Waals surface area contributed by atoms with E-state index in [0.717, 1.165) is 33.1 Å². The molecular weight excluding hydrogens is 437 g/mol. The Hall–Kier alpha value is -0.975. The van der Waals surface area contributed by atoms with Crippen molar-refractivity contribution in [3.63, 3.8) is 0 Å². The van der Waals surface area contributed by atoms with Crippen LogP contribution in [-0.2, 0) is 0 Å². The molecule has 176 valence electrons. The van der Waals surface area contributed by atoms with Crippen LogP contribution in [-0.4, -0.2) is 29.2 Å². The highest BCUT2D eigenvalue weighted by Crippen LogP contribution is 2.79. The third-order valence-electron chi connectivity index (χ3n) is 7.12. The minimum absolute atomic E-state index is 0.0753. The summed E-state index contributed by atoms with van der Waals surface area (Å²) in [6.45, 7) is 17.3. The SMILES string of the molecule is Cc1ccc(N2c3ccc(C)cc3[P+](C(C)C)(C(C)C)[B-]2(F)F)c(P(C(C)C)C(C)C)c1. The fraction of sp³-hybridized carbons (Fsp3) is 0.538. The summed E-state index contributed by atoms with van der Waals surface area (Å²) in [4.78, 5) is 1.51. The molecule has 0 fully saturated rings. The molecule has 0 N–H and O–H groups in total. The van der Waals surface area contributed by atoms with Crippen molar-refractivity contribution in [3.8, 4) is 0 Å². The second kappa shape index (κ2) is 9.00. The first-order valence-corrected chi connectivity index (χ1v) is 15.5. The number of hydrogen-bond acceptors (Lipinski definition) is 1. The Labute approximate surface area is 196 Å². The van der Waals surface area contributed by atoms with Crippen molar-refractivity contribution in [1.29, 1.82) is 0 Å². The van der Waals surface area contributed by atoms with E-state index in [1.165, 1.54) is 4.81 Å². The van der Waals surface area contributed by atoms with Gasteiger partial charge in [-0.15, -0.1) is 0 Å². The van der Waals surface area contributed by atoms with E-state index in [1.807, 2.05) is 58.9 Å². The highest BCUT2D eigenvalue weighted by atomic mass is 31.2. The van der Waals surface area contributed by atoms with E-state index in [-0.39, 0.29) is 11.3 Å². The molecule has 0 aromatic heterocycles. The Morgan fingerprint density at radius 1 is 0.750 bits per heavy atom. The van der Waals surface area contributed by atoms with Gasteiger partial charge in [-0.05, 0) is 95.1 Å². The molecule has 0 amide bonds. The summed E-state index contributed by atoms with van der Waals surface area (Å²) in [5, 5.41) is 2.06. The van der Waals surface area contributed by atoms with Crippen LogP contribution < -0.4 is 15.4 Å². The van der Waals surface area contributed by atoms with E-state index in [2.05, 4.69) is 46.8 Å². The molecular formula is C26H40BF2NP2. The van der Waals surface area contributed by atoms with Gasteiger partial charge in [0.2, 0.25) is 0 Å². The molecule has 0 bridgehead atoms. The summed E-state index contributed by atoms with van der Waals surface area (Å²) in [7, 11) is -3.36. The highest BCUT2D eigenvalue weighted by molar-refractivity contribution is 8.13. The third-order valence-corrected chi connectivity index (χ3v) is 16.1. The maximum Gasteiger partial charge on any atom is 0.596 e. The van der Waals surface area contributed by atoms with Gasteiger partial charge in [-0.3, -0.25) is 0 Å². The van der Waals surface area contributed by atoms with Crippen LogP contribution in [0.25, 0.3) is 0 Å². The molecule has 1 nitrogen and oxygen atoms in total. The molecule has 0 aliphatic carbocycles. The smallest absolute Gasteiger partial charge is 0.419 e. The van der Waals surface area contributed by atoms with Crippen molar-refractivity contribution in [1.82, 2.24) is 0 Å². The highest BCUT2D eigenvalue weighted by Gasteiger charge is 2.71. The van der Waals surface area contributed by atoms with Crippen LogP contribution in [0.3, 0.4) is 0 Å². The first-order valence-electron chi connectivity index (χ1n) is 12.0. The number of rotatable bonds is 6. The molecule has 2 aromatic rings. The van der Waals surface area contributed by atoms with Crippen molar-refractivity contribution in [2.75, 3.05) is 4.81 Å². The van der Waals surface area contributed by atoms with E-state index in [4.69, 9.17) is 0 Å². The minimum Gasteiger partial charge on any atom is -0.419 e. The van der Waals surface area contributed by atoms with Gasteiger partial charge < -0.3 is 13.4 Å². The molecule has 1 heterocycles. The molecule has 0 saturated heterocycles. The second-order valence-corrected chi connectivity index (χ2v) is 18.8. The first kappa shape index (κ1) is 25.6. The lowest BCUT2D eigenvalue weighted by Gasteiger charge is -2.45. The lowest BCUT2D eigenvalue weighted by atomic mass is 10.0. The zero-order chi connectivity index (χ0) is 24.2. The molecule has 0 radical (unpaired) electrons. The Balaban J connectivity index is 2.40. The molecule has 3 rings (SSSR count). The van der Waals surface area contributed by atoms with Gasteiger partial charge in [0.25, 0.3) is 0 Å². The molecule has 6 heteroatoms. The minimum atomic E-state index is -3.79. The summed E-state index contributed by atoms with van der Waals surface area (Å²) in [5.74, 6) is 0. The average Bonchev–Trinajstić information content (AvgIpc) is 2.84. The number of anilines is 2. The second-order valence-electron chi connectivity index (χ2n) is 10.6. The van der Waals surface area contributed by atoms with Crippen LogP contribution in [0.5, 0.6) is 0 Å². The molecule has 32 heavy (non-hydrogen) atoms. The molecule has 1 aliphatic rings. The van der Waals surface area contributed by atoms with Crippen molar-refractivity contribution in [2.24, 2.45) is 0 Å². The van der Waals surface area contributed by atoms with Crippen LogP contribution in [0.2, 0.25) is 0 Å². The Bertz CT molecular complexity index is 972. The predicted octanol–water partition coefficient (Wildman–Crippen LogP) is 8.21. The standard InChI is InChI=1S/C26H40BF2NP2/c1-17(2)31(18(3)4)25-15-21(9)11-13-23(25)30-24-14-12-22(10)16-26(24)32(19(5)6,20(7)8)27(30,28)29/h11-20H,1-10H3. The molecule has 0 atom stereocenters. The Morgan fingerprint density at radius 2 is 1.22 bits per heavy atom. The summed E-state index contributed by atoms with van der Waals surface area (Å²) in [6.07, 6.45) is 0. The predicted molar refractivity (Wildman–Crippen MR) is 146 cm³/mol. The number of fused-ring (bicyclic) bond motifs is 1. The number of hydrogen-bond donors (Lipinski definition) is 0. The van der Waals surface area contributed by atoms with Crippen molar-refractivity contribution < 1.29 is 8.63 Å². The quantitative estimate of drug-likeness (QED) is 0.299. The number of nitrogens with zero attached hydrogens (tertiary/aromatic N) is 1. The number of aryl methyl sites for hydroxylation is 2. The normalized spacial score (nSPS) is 17.3. The van der Waals surface area contributed by atoms with E-state index in [0.29, 0.717) is 11.3 Å². The summed E-state index contributed by atoms with van der Waals surface area (Å²) < 4.78 is 34.1. The third kappa shape index (κ3) is 3.74. The Morgan fingerprint density at radius 3 is 1.69 bits per heavy atom. The number of benzene rings is 2. The number of halogens is 2. The molecule has 0 saturated carbocycles. The van der Waals surface area contributed by atoms with Crippen molar-refractivity contribution in [3.05, 3.63) is 47.5 Å². The maximum atomic E-state index is 17.0. The largest absolute Gasteiger partial charge is 0.596 e. The lowest BCUT2D eigenvalue weighted by Crippen LogP contribution is -2.48. The topological polar surface area (TPSA) is 3.24 Å². The van der Waals surface area contributed by atoms with Gasteiger partial charge in [0.1, 0.15) is 0 Å². The Kier molecular flexibility index (Phi) is 7.21. The maximum absolute atomic E-state index is 17.0. The first-order chi connectivity index (χ1) is 14.8. The van der Waals surface area contributed by atoms with Crippen molar-refractivity contribution >= 4 is 43.6 Å². The van der Waals surface area contributed by atoms with Gasteiger partial charge in [0.15, 0.2) is 0 Å². The van der Waals surface area contributed by atoms with Crippen LogP contribution in [0.15, 0.2) is 36.4 Å². The monoisotopic (exact) mass is 477 g/mol. The van der Waals surface area contributed by atoms with E-state index < -0.39 is 21.6 Å². The zero-order valence-electron chi connectivity index (χ0n) is 21.4. The van der Waals surface area contributed by atoms with Gasteiger partial charge >= 0.3 is 6.55 Å². The van der Waals surface area contributed by atoms with Gasteiger partial charge in [-0.25, -0.2) is 0 Å². The van der Waals surface area contributed by atoms with Gasteiger partial charge in [0.05, 0.1) is 5.30 Å². The lowest BCUT2D eigenvalue weighted by molar-refractivity contribution is 0.637. The van der Waals surface area contributed by atoms with E-state index >= 15 is 8.63 Å². The fourth-order valence-electron chi connectivity index (χ4n) is 6.04. The molecule has 1 aliphatic heterocycles. The zero-order valence-corrected chi connectivity index (χ0v) is 23.2. The summed E-state index contributed by atoms with van der Waals surface area (Å²) in [6, 6.07) is 12.2. The van der Waals surface area contributed by atoms with Gasteiger partial charge in [0, 0.05) is 22.7 Å². The molecule has 0 unspecified atom stereocenters. The van der Waals surface area contributed by atoms with E-state index in [9.17, 15) is 0 Å². The molecule has 2 aromatic carbocycles. The van der Waals surface area contributed by atoms with Crippen LogP contribution in [0, 0.1) is 13.8 Å². The van der Waals surface area contributed by atoms with Crippen LogP contribution >= 0.6 is 15.1 Å². The molecule has 0 spiro atoms.